The number of aromatic nitrogens is 1. The van der Waals surface area contributed by atoms with E-state index in [9.17, 15) is 13.2 Å². The van der Waals surface area contributed by atoms with Crippen molar-refractivity contribution in [1.82, 2.24) is 14.4 Å². The van der Waals surface area contributed by atoms with Gasteiger partial charge in [-0.2, -0.15) is 4.31 Å². The Labute approximate surface area is 136 Å². The van der Waals surface area contributed by atoms with Crippen molar-refractivity contribution in [3.05, 3.63) is 11.5 Å². The van der Waals surface area contributed by atoms with E-state index in [0.29, 0.717) is 37.4 Å². The maximum Gasteiger partial charge on any atom is 0.248 e. The van der Waals surface area contributed by atoms with Crippen molar-refractivity contribution >= 4 is 15.9 Å². The molecule has 3 heterocycles. The van der Waals surface area contributed by atoms with Crippen LogP contribution < -0.4 is 0 Å². The van der Waals surface area contributed by atoms with Crippen molar-refractivity contribution in [2.75, 3.05) is 26.2 Å². The predicted molar refractivity (Wildman–Crippen MR) is 83.3 cm³/mol. The van der Waals surface area contributed by atoms with Gasteiger partial charge in [0.15, 0.2) is 5.76 Å². The Morgan fingerprint density at radius 1 is 1.13 bits per heavy atom. The summed E-state index contributed by atoms with van der Waals surface area (Å²) in [6.07, 6.45) is 3.31. The Morgan fingerprint density at radius 2 is 1.74 bits per heavy atom. The van der Waals surface area contributed by atoms with Gasteiger partial charge in [0.25, 0.3) is 0 Å². The smallest absolute Gasteiger partial charge is 0.248 e. The first kappa shape index (κ1) is 16.4. The standard InChI is InChI=1S/C15H23N3O4S/c1-11-14(12(2)22-16-11)23(20,21)18-9-5-13(6-10-18)15(19)17-7-3-4-8-17/h13H,3-10H2,1-2H3. The second-order valence-corrected chi connectivity index (χ2v) is 8.24. The van der Waals surface area contributed by atoms with E-state index >= 15 is 0 Å². The zero-order valence-corrected chi connectivity index (χ0v) is 14.4. The van der Waals surface area contributed by atoms with E-state index in [-0.39, 0.29) is 16.7 Å². The lowest BCUT2D eigenvalue weighted by Gasteiger charge is -2.32. The number of sulfonamides is 1. The molecule has 0 unspecified atom stereocenters. The average molecular weight is 341 g/mol. The predicted octanol–water partition coefficient (Wildman–Crippen LogP) is 1.31. The number of rotatable bonds is 3. The lowest BCUT2D eigenvalue weighted by atomic mass is 9.97. The maximum absolute atomic E-state index is 12.8. The minimum atomic E-state index is -3.60. The molecule has 0 radical (unpaired) electrons. The molecule has 0 atom stereocenters. The number of piperidine rings is 1. The van der Waals surface area contributed by atoms with E-state index in [1.165, 1.54) is 4.31 Å². The van der Waals surface area contributed by atoms with Crippen LogP contribution in [-0.4, -0.2) is 54.9 Å². The molecule has 8 heteroatoms. The Balaban J connectivity index is 1.68. The first-order valence-electron chi connectivity index (χ1n) is 8.13. The van der Waals surface area contributed by atoms with Crippen LogP contribution in [0.2, 0.25) is 0 Å². The van der Waals surface area contributed by atoms with Gasteiger partial charge in [0, 0.05) is 32.1 Å². The second kappa shape index (κ2) is 6.24. The molecule has 2 aliphatic rings. The molecule has 2 saturated heterocycles. The van der Waals surface area contributed by atoms with Crippen molar-refractivity contribution < 1.29 is 17.7 Å². The van der Waals surface area contributed by atoms with E-state index in [1.54, 1.807) is 13.8 Å². The molecular formula is C15H23N3O4S. The third-order valence-electron chi connectivity index (χ3n) is 4.79. The fraction of sp³-hybridized carbons (Fsp3) is 0.733. The van der Waals surface area contributed by atoms with Crippen LogP contribution in [0.3, 0.4) is 0 Å². The van der Waals surface area contributed by atoms with E-state index in [1.807, 2.05) is 4.90 Å². The summed E-state index contributed by atoms with van der Waals surface area (Å²) in [5.74, 6) is 0.457. The largest absolute Gasteiger partial charge is 0.360 e. The SMILES string of the molecule is Cc1noc(C)c1S(=O)(=O)N1CCC(C(=O)N2CCCC2)CC1. The van der Waals surface area contributed by atoms with Gasteiger partial charge in [-0.05, 0) is 39.5 Å². The molecule has 2 aliphatic heterocycles. The summed E-state index contributed by atoms with van der Waals surface area (Å²) in [5.41, 5.74) is 0.387. The van der Waals surface area contributed by atoms with E-state index in [2.05, 4.69) is 5.16 Å². The third kappa shape index (κ3) is 3.01. The maximum atomic E-state index is 12.8. The minimum Gasteiger partial charge on any atom is -0.360 e. The summed E-state index contributed by atoms with van der Waals surface area (Å²) < 4.78 is 31.9. The van der Waals surface area contributed by atoms with E-state index in [4.69, 9.17) is 4.52 Å². The zero-order chi connectivity index (χ0) is 16.6. The number of nitrogens with zero attached hydrogens (tertiary/aromatic N) is 3. The molecule has 1 amide bonds. The van der Waals surface area contributed by atoms with Gasteiger partial charge in [0.05, 0.1) is 0 Å². The number of hydrogen-bond acceptors (Lipinski definition) is 5. The number of amides is 1. The van der Waals surface area contributed by atoms with Crippen LogP contribution in [0.1, 0.15) is 37.1 Å². The van der Waals surface area contributed by atoms with Gasteiger partial charge in [0.2, 0.25) is 15.9 Å². The normalized spacial score (nSPS) is 21.0. The minimum absolute atomic E-state index is 0.0516. The molecule has 0 saturated carbocycles. The quantitative estimate of drug-likeness (QED) is 0.828. The summed E-state index contributed by atoms with van der Waals surface area (Å²) in [4.78, 5) is 14.5. The Kier molecular flexibility index (Phi) is 4.46. The third-order valence-corrected chi connectivity index (χ3v) is 6.93. The summed E-state index contributed by atoms with van der Waals surface area (Å²) in [7, 11) is -3.60. The molecular weight excluding hydrogens is 318 g/mol. The highest BCUT2D eigenvalue weighted by molar-refractivity contribution is 7.89. The van der Waals surface area contributed by atoms with Gasteiger partial charge in [0.1, 0.15) is 10.6 Å². The zero-order valence-electron chi connectivity index (χ0n) is 13.6. The Hall–Kier alpha value is -1.41. The van der Waals surface area contributed by atoms with Crippen LogP contribution in [0.25, 0.3) is 0 Å². The van der Waals surface area contributed by atoms with Crippen molar-refractivity contribution in [2.24, 2.45) is 5.92 Å². The molecule has 128 valence electrons. The van der Waals surface area contributed by atoms with Crippen LogP contribution in [0.4, 0.5) is 0 Å². The number of likely N-dealkylation sites (tertiary alicyclic amines) is 1. The molecule has 1 aromatic rings. The van der Waals surface area contributed by atoms with Crippen LogP contribution in [-0.2, 0) is 14.8 Å². The summed E-state index contributed by atoms with van der Waals surface area (Å²) >= 11 is 0. The van der Waals surface area contributed by atoms with Crippen LogP contribution in [0, 0.1) is 19.8 Å². The molecule has 2 fully saturated rings. The lowest BCUT2D eigenvalue weighted by molar-refractivity contribution is -0.135. The summed E-state index contributed by atoms with van der Waals surface area (Å²) in [6.45, 7) is 5.67. The molecule has 7 nitrogen and oxygen atoms in total. The average Bonchev–Trinajstić information content (AvgIpc) is 3.17. The van der Waals surface area contributed by atoms with Gasteiger partial charge in [-0.25, -0.2) is 8.42 Å². The first-order chi connectivity index (χ1) is 10.9. The number of aryl methyl sites for hydroxylation is 2. The summed E-state index contributed by atoms with van der Waals surface area (Å²) in [5, 5.41) is 3.73. The monoisotopic (exact) mass is 341 g/mol. The Bertz CT molecular complexity index is 664. The molecule has 3 rings (SSSR count). The van der Waals surface area contributed by atoms with Gasteiger partial charge >= 0.3 is 0 Å². The number of carbonyl (C=O) groups is 1. The van der Waals surface area contributed by atoms with Crippen LogP contribution in [0.5, 0.6) is 0 Å². The highest BCUT2D eigenvalue weighted by Crippen LogP contribution is 2.28. The van der Waals surface area contributed by atoms with Crippen LogP contribution in [0.15, 0.2) is 9.42 Å². The van der Waals surface area contributed by atoms with Crippen molar-refractivity contribution in [3.63, 3.8) is 0 Å². The second-order valence-electron chi connectivity index (χ2n) is 6.36. The number of carbonyl (C=O) groups excluding carboxylic acids is 1. The molecule has 0 spiro atoms. The highest BCUT2D eigenvalue weighted by Gasteiger charge is 2.36. The molecule has 0 aromatic carbocycles. The van der Waals surface area contributed by atoms with Gasteiger partial charge in [-0.15, -0.1) is 0 Å². The molecule has 0 bridgehead atoms. The van der Waals surface area contributed by atoms with Crippen molar-refractivity contribution in [3.8, 4) is 0 Å². The van der Waals surface area contributed by atoms with Gasteiger partial charge in [-0.1, -0.05) is 5.16 Å². The number of hydrogen-bond donors (Lipinski definition) is 0. The molecule has 1 aromatic heterocycles. The Morgan fingerprint density at radius 3 is 2.26 bits per heavy atom. The molecule has 0 N–H and O–H groups in total. The highest BCUT2D eigenvalue weighted by atomic mass is 32.2. The fourth-order valence-electron chi connectivity index (χ4n) is 3.51. The molecule has 23 heavy (non-hydrogen) atoms. The van der Waals surface area contributed by atoms with Crippen LogP contribution >= 0.6 is 0 Å². The van der Waals surface area contributed by atoms with Gasteiger partial charge < -0.3 is 9.42 Å². The first-order valence-corrected chi connectivity index (χ1v) is 9.57. The van der Waals surface area contributed by atoms with Crippen molar-refractivity contribution in [1.29, 1.82) is 0 Å². The lowest BCUT2D eigenvalue weighted by Crippen LogP contribution is -2.43. The fourth-order valence-corrected chi connectivity index (χ4v) is 5.27. The molecule has 0 aliphatic carbocycles. The van der Waals surface area contributed by atoms with Gasteiger partial charge in [-0.3, -0.25) is 4.79 Å². The summed E-state index contributed by atoms with van der Waals surface area (Å²) in [6, 6.07) is 0. The van der Waals surface area contributed by atoms with E-state index in [0.717, 1.165) is 25.9 Å². The topological polar surface area (TPSA) is 83.7 Å². The van der Waals surface area contributed by atoms with E-state index < -0.39 is 10.0 Å². The van der Waals surface area contributed by atoms with Crippen molar-refractivity contribution in [2.45, 2.75) is 44.4 Å².